The van der Waals surface area contributed by atoms with Crippen molar-refractivity contribution in [3.05, 3.63) is 71.3 Å². The average Bonchev–Trinajstić information content (AvgIpc) is 2.54. The molecule has 0 spiro atoms. The Bertz CT molecular complexity index is 757. The highest BCUT2D eigenvalue weighted by Gasteiger charge is 2.33. The fourth-order valence-electron chi connectivity index (χ4n) is 2.95. The van der Waals surface area contributed by atoms with Crippen LogP contribution in [0.25, 0.3) is 0 Å². The molecule has 0 aromatic heterocycles. The second-order valence-corrected chi connectivity index (χ2v) is 7.89. The Morgan fingerprint density at radius 3 is 2.32 bits per heavy atom. The first-order valence-electron chi connectivity index (χ1n) is 7.30. The molecule has 0 bridgehead atoms. The van der Waals surface area contributed by atoms with Gasteiger partial charge in [0.2, 0.25) is 0 Å². The summed E-state index contributed by atoms with van der Waals surface area (Å²) in [6.45, 7) is 0.904. The van der Waals surface area contributed by atoms with E-state index >= 15 is 0 Å². The largest absolute Gasteiger partial charge is 0.281 e. The Balaban J connectivity index is 2.06. The van der Waals surface area contributed by atoms with Crippen LogP contribution in [0, 0.1) is 0 Å². The number of fused-ring (bicyclic) bond motifs is 1. The molecule has 3 rings (SSSR count). The second kappa shape index (κ2) is 5.83. The molecule has 0 amide bonds. The minimum atomic E-state index is -3.42. The third-order valence-corrected chi connectivity index (χ3v) is 6.01. The van der Waals surface area contributed by atoms with E-state index in [0.29, 0.717) is 13.1 Å². The van der Waals surface area contributed by atoms with Gasteiger partial charge in [0.25, 0.3) is 10.2 Å². The summed E-state index contributed by atoms with van der Waals surface area (Å²) in [5.74, 6) is 0.0703. The predicted molar refractivity (Wildman–Crippen MR) is 87.7 cm³/mol. The van der Waals surface area contributed by atoms with Gasteiger partial charge in [0, 0.05) is 33.1 Å². The predicted octanol–water partition coefficient (Wildman–Crippen LogP) is 2.44. The Hall–Kier alpha value is -1.69. The third-order valence-electron chi connectivity index (χ3n) is 4.15. The minimum absolute atomic E-state index is 0.0703. The normalized spacial score (nSPS) is 19.1. The summed E-state index contributed by atoms with van der Waals surface area (Å²) in [5.41, 5.74) is 3.44. The zero-order valence-electron chi connectivity index (χ0n) is 12.8. The van der Waals surface area contributed by atoms with Crippen LogP contribution < -0.4 is 0 Å². The van der Waals surface area contributed by atoms with Crippen LogP contribution in [0.15, 0.2) is 54.6 Å². The summed E-state index contributed by atoms with van der Waals surface area (Å²) in [6, 6.07) is 18.2. The Morgan fingerprint density at radius 2 is 1.64 bits per heavy atom. The highest BCUT2D eigenvalue weighted by molar-refractivity contribution is 7.86. The molecule has 0 saturated carbocycles. The number of rotatable bonds is 3. The van der Waals surface area contributed by atoms with Crippen molar-refractivity contribution in [3.8, 4) is 0 Å². The zero-order valence-corrected chi connectivity index (χ0v) is 13.6. The van der Waals surface area contributed by atoms with Gasteiger partial charge in [-0.15, -0.1) is 0 Å². The third kappa shape index (κ3) is 2.67. The second-order valence-electron chi connectivity index (χ2n) is 5.74. The molecule has 1 aliphatic rings. The average molecular weight is 316 g/mol. The molecule has 1 aliphatic heterocycles. The van der Waals surface area contributed by atoms with Gasteiger partial charge in [-0.1, -0.05) is 54.6 Å². The molecule has 1 unspecified atom stereocenters. The first-order chi connectivity index (χ1) is 10.5. The van der Waals surface area contributed by atoms with E-state index in [2.05, 4.69) is 18.2 Å². The van der Waals surface area contributed by atoms with E-state index in [0.717, 1.165) is 11.1 Å². The van der Waals surface area contributed by atoms with Crippen LogP contribution >= 0.6 is 0 Å². The van der Waals surface area contributed by atoms with Crippen molar-refractivity contribution in [2.24, 2.45) is 0 Å². The van der Waals surface area contributed by atoms with Gasteiger partial charge >= 0.3 is 0 Å². The Kier molecular flexibility index (Phi) is 4.04. The molecule has 1 atom stereocenters. The summed E-state index contributed by atoms with van der Waals surface area (Å²) in [5, 5.41) is 0. The number of nitrogens with zero attached hydrogens (tertiary/aromatic N) is 2. The standard InChI is InChI=1S/C17H20N2O2S/c1-18(2)22(20,21)19-12-15-10-6-7-11-16(15)17(13-19)14-8-4-3-5-9-14/h3-11,17H,12-13H2,1-2H3. The van der Waals surface area contributed by atoms with E-state index in [9.17, 15) is 8.42 Å². The van der Waals surface area contributed by atoms with Gasteiger partial charge in [-0.3, -0.25) is 0 Å². The smallest absolute Gasteiger partial charge is 0.195 e. The van der Waals surface area contributed by atoms with Crippen molar-refractivity contribution >= 4 is 10.2 Å². The highest BCUT2D eigenvalue weighted by Crippen LogP contribution is 2.34. The van der Waals surface area contributed by atoms with Crippen molar-refractivity contribution in [2.75, 3.05) is 20.6 Å². The van der Waals surface area contributed by atoms with Crippen LogP contribution in [0.4, 0.5) is 0 Å². The lowest BCUT2D eigenvalue weighted by molar-refractivity contribution is 0.343. The number of hydrogen-bond donors (Lipinski definition) is 0. The molecule has 5 heteroatoms. The molecule has 1 heterocycles. The van der Waals surface area contributed by atoms with Crippen LogP contribution in [0.3, 0.4) is 0 Å². The molecule has 2 aromatic carbocycles. The topological polar surface area (TPSA) is 40.6 Å². The first kappa shape index (κ1) is 15.2. The summed E-state index contributed by atoms with van der Waals surface area (Å²) in [6.07, 6.45) is 0. The fourth-order valence-corrected chi connectivity index (χ4v) is 4.05. The quantitative estimate of drug-likeness (QED) is 0.872. The molecule has 0 fully saturated rings. The van der Waals surface area contributed by atoms with Crippen molar-refractivity contribution < 1.29 is 8.42 Å². The lowest BCUT2D eigenvalue weighted by Gasteiger charge is -2.35. The molecule has 2 aromatic rings. The van der Waals surface area contributed by atoms with Gasteiger partial charge in [-0.05, 0) is 16.7 Å². The van der Waals surface area contributed by atoms with Crippen molar-refractivity contribution in [1.82, 2.24) is 8.61 Å². The molecule has 0 aliphatic carbocycles. The van der Waals surface area contributed by atoms with E-state index in [-0.39, 0.29) is 5.92 Å². The maximum Gasteiger partial charge on any atom is 0.281 e. The summed E-state index contributed by atoms with van der Waals surface area (Å²) >= 11 is 0. The van der Waals surface area contributed by atoms with E-state index in [1.165, 1.54) is 9.87 Å². The Morgan fingerprint density at radius 1 is 1.00 bits per heavy atom. The fraction of sp³-hybridized carbons (Fsp3) is 0.294. The monoisotopic (exact) mass is 316 g/mol. The molecular weight excluding hydrogens is 296 g/mol. The van der Waals surface area contributed by atoms with Crippen molar-refractivity contribution in [1.29, 1.82) is 0 Å². The Labute approximate surface area is 132 Å². The molecule has 22 heavy (non-hydrogen) atoms. The molecule has 4 nitrogen and oxygen atoms in total. The summed E-state index contributed by atoms with van der Waals surface area (Å²) in [7, 11) is -0.263. The van der Waals surface area contributed by atoms with Gasteiger partial charge in [-0.2, -0.15) is 17.0 Å². The maximum absolute atomic E-state index is 12.5. The molecular formula is C17H20N2O2S. The summed E-state index contributed by atoms with van der Waals surface area (Å²) < 4.78 is 27.9. The van der Waals surface area contributed by atoms with Gasteiger partial charge in [0.1, 0.15) is 0 Å². The lowest BCUT2D eigenvalue weighted by atomic mass is 9.86. The van der Waals surface area contributed by atoms with Crippen LogP contribution in [0.1, 0.15) is 22.6 Å². The van der Waals surface area contributed by atoms with Gasteiger partial charge in [0.15, 0.2) is 0 Å². The zero-order chi connectivity index (χ0) is 15.7. The number of hydrogen-bond acceptors (Lipinski definition) is 2. The summed E-state index contributed by atoms with van der Waals surface area (Å²) in [4.78, 5) is 0. The maximum atomic E-state index is 12.5. The van der Waals surface area contributed by atoms with Gasteiger partial charge in [-0.25, -0.2) is 0 Å². The molecule has 0 N–H and O–H groups in total. The van der Waals surface area contributed by atoms with Crippen LogP contribution in [0.2, 0.25) is 0 Å². The molecule has 116 valence electrons. The first-order valence-corrected chi connectivity index (χ1v) is 8.70. The van der Waals surface area contributed by atoms with E-state index in [4.69, 9.17) is 0 Å². The van der Waals surface area contributed by atoms with Crippen LogP contribution in [0.5, 0.6) is 0 Å². The van der Waals surface area contributed by atoms with E-state index < -0.39 is 10.2 Å². The number of benzene rings is 2. The van der Waals surface area contributed by atoms with Gasteiger partial charge in [0.05, 0.1) is 0 Å². The lowest BCUT2D eigenvalue weighted by Crippen LogP contribution is -2.44. The van der Waals surface area contributed by atoms with Crippen LogP contribution in [-0.4, -0.2) is 37.7 Å². The molecule has 0 radical (unpaired) electrons. The SMILES string of the molecule is CN(C)S(=O)(=O)N1Cc2ccccc2C(c2ccccc2)C1. The van der Waals surface area contributed by atoms with E-state index in [1.807, 2.05) is 36.4 Å². The van der Waals surface area contributed by atoms with E-state index in [1.54, 1.807) is 18.4 Å². The highest BCUT2D eigenvalue weighted by atomic mass is 32.2. The minimum Gasteiger partial charge on any atom is -0.195 e. The van der Waals surface area contributed by atoms with Crippen molar-refractivity contribution in [3.63, 3.8) is 0 Å². The van der Waals surface area contributed by atoms with Crippen LogP contribution in [-0.2, 0) is 16.8 Å². The van der Waals surface area contributed by atoms with Crippen molar-refractivity contribution in [2.45, 2.75) is 12.5 Å². The molecule has 0 saturated heterocycles. The van der Waals surface area contributed by atoms with Gasteiger partial charge < -0.3 is 0 Å².